The first-order valence-corrected chi connectivity index (χ1v) is 8.29. The molecule has 0 aliphatic carbocycles. The van der Waals surface area contributed by atoms with E-state index in [1.54, 1.807) is 0 Å². The second-order valence-electron chi connectivity index (χ2n) is 5.50. The Morgan fingerprint density at radius 2 is 1.86 bits per heavy atom. The van der Waals surface area contributed by atoms with Gasteiger partial charge in [-0.15, -0.1) is 0 Å². The van der Waals surface area contributed by atoms with Crippen molar-refractivity contribution in [3.8, 4) is 0 Å². The quantitative estimate of drug-likeness (QED) is 0.832. The highest BCUT2D eigenvalue weighted by Gasteiger charge is 2.15. The van der Waals surface area contributed by atoms with Gasteiger partial charge in [0.1, 0.15) is 0 Å². The van der Waals surface area contributed by atoms with Crippen molar-refractivity contribution in [1.29, 1.82) is 0 Å². The van der Waals surface area contributed by atoms with E-state index in [9.17, 15) is 0 Å². The molecule has 2 aromatic rings. The lowest BCUT2D eigenvalue weighted by Gasteiger charge is -2.24. The summed E-state index contributed by atoms with van der Waals surface area (Å²) in [5.74, 6) is 0. The molecule has 2 aromatic carbocycles. The maximum atomic E-state index is 3.51. The van der Waals surface area contributed by atoms with E-state index in [0.29, 0.717) is 0 Å². The molecule has 0 unspecified atom stereocenters. The van der Waals surface area contributed by atoms with E-state index < -0.39 is 0 Å². The number of rotatable bonds is 3. The minimum atomic E-state index is 1.03. The SMILES string of the molecule is Brc1[c]ccc(N2CCCN(Cc3ccccc3)CC2)c1. The third-order valence-electron chi connectivity index (χ3n) is 3.95. The van der Waals surface area contributed by atoms with Crippen molar-refractivity contribution in [2.45, 2.75) is 13.0 Å². The molecule has 21 heavy (non-hydrogen) atoms. The van der Waals surface area contributed by atoms with E-state index in [0.717, 1.165) is 30.7 Å². The van der Waals surface area contributed by atoms with Crippen LogP contribution in [0.1, 0.15) is 12.0 Å². The molecular formula is C18H20BrN2. The molecule has 0 atom stereocenters. The Morgan fingerprint density at radius 1 is 1.00 bits per heavy atom. The van der Waals surface area contributed by atoms with Crippen molar-refractivity contribution < 1.29 is 0 Å². The minimum Gasteiger partial charge on any atom is -0.370 e. The summed E-state index contributed by atoms with van der Waals surface area (Å²) in [6.45, 7) is 5.56. The van der Waals surface area contributed by atoms with E-state index >= 15 is 0 Å². The molecule has 3 heteroatoms. The van der Waals surface area contributed by atoms with Gasteiger partial charge in [-0.3, -0.25) is 4.90 Å². The molecule has 0 bridgehead atoms. The molecule has 0 amide bonds. The van der Waals surface area contributed by atoms with Crippen LogP contribution in [0.2, 0.25) is 0 Å². The zero-order valence-electron chi connectivity index (χ0n) is 12.1. The third-order valence-corrected chi connectivity index (χ3v) is 4.41. The molecule has 109 valence electrons. The highest BCUT2D eigenvalue weighted by molar-refractivity contribution is 9.10. The number of halogens is 1. The Balaban J connectivity index is 1.62. The van der Waals surface area contributed by atoms with Crippen LogP contribution in [0.5, 0.6) is 0 Å². The maximum Gasteiger partial charge on any atom is 0.0378 e. The van der Waals surface area contributed by atoms with Crippen molar-refractivity contribution in [1.82, 2.24) is 4.90 Å². The average Bonchev–Trinajstić information content (AvgIpc) is 2.74. The molecule has 1 saturated heterocycles. The van der Waals surface area contributed by atoms with Gasteiger partial charge in [0, 0.05) is 42.9 Å². The van der Waals surface area contributed by atoms with Crippen molar-refractivity contribution in [3.63, 3.8) is 0 Å². The highest BCUT2D eigenvalue weighted by Crippen LogP contribution is 2.21. The molecule has 0 aromatic heterocycles. The van der Waals surface area contributed by atoms with Crippen LogP contribution < -0.4 is 4.90 Å². The predicted octanol–water partition coefficient (Wildman–Crippen LogP) is 3.96. The fourth-order valence-electron chi connectivity index (χ4n) is 2.85. The molecule has 3 rings (SSSR count). The van der Waals surface area contributed by atoms with E-state index in [-0.39, 0.29) is 0 Å². The minimum absolute atomic E-state index is 1.03. The molecule has 1 heterocycles. The number of hydrogen-bond donors (Lipinski definition) is 0. The molecule has 2 nitrogen and oxygen atoms in total. The third kappa shape index (κ3) is 4.08. The Morgan fingerprint density at radius 3 is 2.67 bits per heavy atom. The Bertz CT molecular complexity index is 570. The number of benzene rings is 2. The van der Waals surface area contributed by atoms with Gasteiger partial charge in [0.25, 0.3) is 0 Å². The Labute approximate surface area is 135 Å². The topological polar surface area (TPSA) is 6.48 Å². The lowest BCUT2D eigenvalue weighted by atomic mass is 10.2. The van der Waals surface area contributed by atoms with E-state index in [1.807, 2.05) is 6.07 Å². The van der Waals surface area contributed by atoms with Crippen LogP contribution in [0.25, 0.3) is 0 Å². The van der Waals surface area contributed by atoms with Crippen molar-refractivity contribution in [2.75, 3.05) is 31.1 Å². The Kier molecular flexibility index (Phi) is 4.94. The second-order valence-corrected chi connectivity index (χ2v) is 6.35. The van der Waals surface area contributed by atoms with Gasteiger partial charge >= 0.3 is 0 Å². The predicted molar refractivity (Wildman–Crippen MR) is 91.5 cm³/mol. The summed E-state index contributed by atoms with van der Waals surface area (Å²) in [5, 5.41) is 0. The fraction of sp³-hybridized carbons (Fsp3) is 0.333. The highest BCUT2D eigenvalue weighted by atomic mass is 79.9. The fourth-order valence-corrected chi connectivity index (χ4v) is 3.22. The van der Waals surface area contributed by atoms with E-state index in [4.69, 9.17) is 0 Å². The lowest BCUT2D eigenvalue weighted by molar-refractivity contribution is 0.285. The molecule has 1 aliphatic heterocycles. The molecule has 0 saturated carbocycles. The monoisotopic (exact) mass is 343 g/mol. The number of nitrogens with zero attached hydrogens (tertiary/aromatic N) is 2. The van der Waals surface area contributed by atoms with E-state index in [1.165, 1.54) is 24.2 Å². The largest absolute Gasteiger partial charge is 0.370 e. The zero-order chi connectivity index (χ0) is 14.5. The summed E-state index contributed by atoms with van der Waals surface area (Å²) in [6, 6.07) is 20.2. The van der Waals surface area contributed by atoms with Crippen molar-refractivity contribution in [2.24, 2.45) is 0 Å². The summed E-state index contributed by atoms with van der Waals surface area (Å²) < 4.78 is 1.03. The van der Waals surface area contributed by atoms with Gasteiger partial charge in [-0.2, -0.15) is 0 Å². The summed E-state index contributed by atoms with van der Waals surface area (Å²) in [6.07, 6.45) is 1.21. The van der Waals surface area contributed by atoms with Crippen LogP contribution in [-0.2, 0) is 6.54 Å². The van der Waals surface area contributed by atoms with Gasteiger partial charge in [-0.1, -0.05) is 52.3 Å². The van der Waals surface area contributed by atoms with Gasteiger partial charge in [0.15, 0.2) is 0 Å². The average molecular weight is 344 g/mol. The summed E-state index contributed by atoms with van der Waals surface area (Å²) in [7, 11) is 0. The van der Waals surface area contributed by atoms with Crippen LogP contribution in [0.15, 0.2) is 53.0 Å². The van der Waals surface area contributed by atoms with Gasteiger partial charge in [-0.05, 0) is 30.2 Å². The molecule has 0 N–H and O–H groups in total. The summed E-state index contributed by atoms with van der Waals surface area (Å²) in [5.41, 5.74) is 2.70. The Hall–Kier alpha value is -1.32. The van der Waals surface area contributed by atoms with Crippen LogP contribution in [0.4, 0.5) is 5.69 Å². The van der Waals surface area contributed by atoms with Gasteiger partial charge in [0.05, 0.1) is 0 Å². The number of hydrogen-bond acceptors (Lipinski definition) is 2. The molecule has 1 aliphatic rings. The first kappa shape index (κ1) is 14.6. The van der Waals surface area contributed by atoms with Crippen LogP contribution >= 0.6 is 15.9 Å². The van der Waals surface area contributed by atoms with Crippen LogP contribution in [0, 0.1) is 6.07 Å². The first-order chi connectivity index (χ1) is 10.3. The molecule has 1 radical (unpaired) electrons. The lowest BCUT2D eigenvalue weighted by Crippen LogP contribution is -2.30. The van der Waals surface area contributed by atoms with Gasteiger partial charge in [0.2, 0.25) is 0 Å². The molecule has 0 spiro atoms. The van der Waals surface area contributed by atoms with E-state index in [2.05, 4.69) is 74.3 Å². The smallest absolute Gasteiger partial charge is 0.0378 e. The van der Waals surface area contributed by atoms with Gasteiger partial charge in [-0.25, -0.2) is 0 Å². The first-order valence-electron chi connectivity index (χ1n) is 7.50. The van der Waals surface area contributed by atoms with Crippen LogP contribution in [0.3, 0.4) is 0 Å². The normalized spacial score (nSPS) is 16.7. The molecule has 1 fully saturated rings. The summed E-state index contributed by atoms with van der Waals surface area (Å²) >= 11 is 3.51. The van der Waals surface area contributed by atoms with Crippen molar-refractivity contribution in [3.05, 3.63) is 64.6 Å². The second kappa shape index (κ2) is 7.10. The summed E-state index contributed by atoms with van der Waals surface area (Å²) in [4.78, 5) is 5.03. The maximum absolute atomic E-state index is 3.51. The van der Waals surface area contributed by atoms with Crippen LogP contribution in [-0.4, -0.2) is 31.1 Å². The standard InChI is InChI=1S/C18H20BrN2/c19-17-8-4-9-18(14-17)21-11-5-10-20(12-13-21)15-16-6-2-1-3-7-16/h1-4,6-7,9,14H,5,10-13,15H2. The molecular weight excluding hydrogens is 324 g/mol. The zero-order valence-corrected chi connectivity index (χ0v) is 13.7. The number of anilines is 1. The van der Waals surface area contributed by atoms with Gasteiger partial charge < -0.3 is 4.90 Å². The van der Waals surface area contributed by atoms with Crippen molar-refractivity contribution >= 4 is 21.6 Å².